The molecule has 0 aliphatic carbocycles. The molecule has 17 heavy (non-hydrogen) atoms. The fraction of sp³-hybridized carbons (Fsp3) is 0.167. The van der Waals surface area contributed by atoms with E-state index in [0.29, 0.717) is 0 Å². The Balaban J connectivity index is 2.36. The van der Waals surface area contributed by atoms with Crippen LogP contribution in [-0.4, -0.2) is 19.0 Å². The van der Waals surface area contributed by atoms with Gasteiger partial charge in [-0.3, -0.25) is 15.6 Å². The van der Waals surface area contributed by atoms with Crippen LogP contribution in [0.3, 0.4) is 0 Å². The van der Waals surface area contributed by atoms with E-state index in [9.17, 15) is 9.59 Å². The van der Waals surface area contributed by atoms with Crippen molar-refractivity contribution in [1.29, 1.82) is 0 Å². The van der Waals surface area contributed by atoms with Gasteiger partial charge in [0.15, 0.2) is 0 Å². The van der Waals surface area contributed by atoms with Gasteiger partial charge in [-0.05, 0) is 5.56 Å². The highest BCUT2D eigenvalue weighted by atomic mass is 16.5. The Morgan fingerprint density at radius 3 is 2.47 bits per heavy atom. The van der Waals surface area contributed by atoms with Gasteiger partial charge in [0.2, 0.25) is 5.91 Å². The smallest absolute Gasteiger partial charge is 0.355 e. The minimum atomic E-state index is -0.620. The molecule has 0 atom stereocenters. The number of rotatable bonds is 5. The maximum Gasteiger partial charge on any atom is 0.355 e. The van der Waals surface area contributed by atoms with Crippen LogP contribution in [0.2, 0.25) is 0 Å². The van der Waals surface area contributed by atoms with E-state index in [1.165, 1.54) is 7.11 Å². The summed E-state index contributed by atoms with van der Waals surface area (Å²) in [6.07, 6.45) is 0.224. The first-order chi connectivity index (χ1) is 8.13. The van der Waals surface area contributed by atoms with E-state index in [0.717, 1.165) is 5.56 Å². The van der Waals surface area contributed by atoms with Gasteiger partial charge in [0.1, 0.15) is 5.70 Å². The molecule has 0 unspecified atom stereocenters. The van der Waals surface area contributed by atoms with Crippen molar-refractivity contribution in [1.82, 2.24) is 10.9 Å². The van der Waals surface area contributed by atoms with Crippen molar-refractivity contribution in [3.05, 3.63) is 48.2 Å². The second-order valence-corrected chi connectivity index (χ2v) is 3.31. The van der Waals surface area contributed by atoms with Gasteiger partial charge in [0.25, 0.3) is 0 Å². The summed E-state index contributed by atoms with van der Waals surface area (Å²) in [5.74, 6) is -0.883. The second-order valence-electron chi connectivity index (χ2n) is 3.31. The third-order valence-corrected chi connectivity index (χ3v) is 1.99. The molecule has 0 aromatic heterocycles. The van der Waals surface area contributed by atoms with Crippen LogP contribution in [0.1, 0.15) is 5.56 Å². The molecular weight excluding hydrogens is 220 g/mol. The lowest BCUT2D eigenvalue weighted by atomic mass is 10.1. The molecule has 0 radical (unpaired) electrons. The summed E-state index contributed by atoms with van der Waals surface area (Å²) >= 11 is 0. The molecule has 5 heteroatoms. The quantitative estimate of drug-likeness (QED) is 0.443. The predicted molar refractivity (Wildman–Crippen MR) is 62.6 cm³/mol. The fourth-order valence-corrected chi connectivity index (χ4v) is 1.14. The van der Waals surface area contributed by atoms with Crippen molar-refractivity contribution >= 4 is 11.9 Å². The summed E-state index contributed by atoms with van der Waals surface area (Å²) in [4.78, 5) is 22.4. The summed E-state index contributed by atoms with van der Waals surface area (Å²) in [5, 5.41) is 0. The van der Waals surface area contributed by atoms with Gasteiger partial charge in [-0.1, -0.05) is 36.9 Å². The molecule has 1 rings (SSSR count). The molecule has 1 amide bonds. The molecule has 0 bridgehead atoms. The summed E-state index contributed by atoms with van der Waals surface area (Å²) in [5.41, 5.74) is 5.61. The number of methoxy groups -OCH3 is 1. The number of nitrogens with one attached hydrogen (secondary N) is 2. The molecule has 0 saturated heterocycles. The van der Waals surface area contributed by atoms with Crippen LogP contribution in [0.15, 0.2) is 42.6 Å². The maximum atomic E-state index is 11.5. The standard InChI is InChI=1S/C12H14N2O3/c1-9(12(16)17-2)13-14-11(15)8-10-6-4-3-5-7-10/h3-7,13H,1,8H2,2H3,(H,14,15). The Labute approximate surface area is 99.4 Å². The van der Waals surface area contributed by atoms with Gasteiger partial charge in [0.05, 0.1) is 13.5 Å². The number of hydrogen-bond acceptors (Lipinski definition) is 4. The van der Waals surface area contributed by atoms with Crippen molar-refractivity contribution < 1.29 is 14.3 Å². The fourth-order valence-electron chi connectivity index (χ4n) is 1.14. The number of amides is 1. The maximum absolute atomic E-state index is 11.5. The normalized spacial score (nSPS) is 9.24. The molecule has 0 saturated carbocycles. The number of carbonyl (C=O) groups is 2. The largest absolute Gasteiger partial charge is 0.464 e. The molecule has 0 aliphatic rings. The first kappa shape index (κ1) is 12.8. The molecule has 1 aromatic carbocycles. The minimum absolute atomic E-state index is 0.0195. The third-order valence-electron chi connectivity index (χ3n) is 1.99. The third kappa shape index (κ3) is 4.38. The van der Waals surface area contributed by atoms with Crippen LogP contribution in [-0.2, 0) is 20.7 Å². The van der Waals surface area contributed by atoms with Gasteiger partial charge in [-0.2, -0.15) is 0 Å². The van der Waals surface area contributed by atoms with Crippen molar-refractivity contribution in [2.75, 3.05) is 7.11 Å². The van der Waals surface area contributed by atoms with Crippen LogP contribution < -0.4 is 10.9 Å². The van der Waals surface area contributed by atoms with E-state index in [4.69, 9.17) is 0 Å². The number of carbonyl (C=O) groups excluding carboxylic acids is 2. The summed E-state index contributed by atoms with van der Waals surface area (Å²) < 4.78 is 4.41. The monoisotopic (exact) mass is 234 g/mol. The minimum Gasteiger partial charge on any atom is -0.464 e. The first-order valence-corrected chi connectivity index (χ1v) is 4.99. The van der Waals surface area contributed by atoms with Gasteiger partial charge >= 0.3 is 5.97 Å². The molecule has 0 heterocycles. The number of esters is 1. The zero-order valence-electron chi connectivity index (χ0n) is 9.53. The zero-order chi connectivity index (χ0) is 12.7. The number of hydrogen-bond donors (Lipinski definition) is 2. The SMILES string of the molecule is C=C(NNC(=O)Cc1ccccc1)C(=O)OC. The van der Waals surface area contributed by atoms with Crippen LogP contribution in [0, 0.1) is 0 Å². The molecule has 2 N–H and O–H groups in total. The molecular formula is C12H14N2O3. The van der Waals surface area contributed by atoms with E-state index < -0.39 is 5.97 Å². The number of hydrazine groups is 1. The Kier molecular flexibility index (Phi) is 4.75. The topological polar surface area (TPSA) is 67.4 Å². The first-order valence-electron chi connectivity index (χ1n) is 4.99. The second kappa shape index (κ2) is 6.32. The summed E-state index contributed by atoms with van der Waals surface area (Å²) in [7, 11) is 1.24. The Morgan fingerprint density at radius 2 is 1.88 bits per heavy atom. The lowest BCUT2D eigenvalue weighted by molar-refractivity contribution is -0.136. The van der Waals surface area contributed by atoms with E-state index in [1.54, 1.807) is 0 Å². The molecule has 0 spiro atoms. The highest BCUT2D eigenvalue weighted by molar-refractivity contribution is 5.87. The Bertz CT molecular complexity index is 415. The van der Waals surface area contributed by atoms with Crippen molar-refractivity contribution in [2.24, 2.45) is 0 Å². The van der Waals surface area contributed by atoms with Crippen molar-refractivity contribution in [2.45, 2.75) is 6.42 Å². The average Bonchev–Trinajstić information content (AvgIpc) is 2.36. The Morgan fingerprint density at radius 1 is 1.24 bits per heavy atom. The molecule has 0 fully saturated rings. The van der Waals surface area contributed by atoms with E-state index >= 15 is 0 Å². The number of ether oxygens (including phenoxy) is 1. The van der Waals surface area contributed by atoms with Crippen LogP contribution in [0.5, 0.6) is 0 Å². The zero-order valence-corrected chi connectivity index (χ0v) is 9.53. The van der Waals surface area contributed by atoms with Gasteiger partial charge in [-0.15, -0.1) is 0 Å². The highest BCUT2D eigenvalue weighted by Crippen LogP contribution is 1.98. The summed E-state index contributed by atoms with van der Waals surface area (Å²) in [6, 6.07) is 9.26. The lowest BCUT2D eigenvalue weighted by Gasteiger charge is -2.09. The van der Waals surface area contributed by atoms with E-state index in [1.807, 2.05) is 30.3 Å². The van der Waals surface area contributed by atoms with Crippen molar-refractivity contribution in [3.8, 4) is 0 Å². The number of benzene rings is 1. The molecule has 5 nitrogen and oxygen atoms in total. The van der Waals surface area contributed by atoms with Gasteiger partial charge in [-0.25, -0.2) is 4.79 Å². The average molecular weight is 234 g/mol. The van der Waals surface area contributed by atoms with Crippen LogP contribution >= 0.6 is 0 Å². The van der Waals surface area contributed by atoms with Gasteiger partial charge in [0, 0.05) is 0 Å². The van der Waals surface area contributed by atoms with Crippen LogP contribution in [0.25, 0.3) is 0 Å². The molecule has 0 aliphatic heterocycles. The summed E-state index contributed by atoms with van der Waals surface area (Å²) in [6.45, 7) is 3.40. The lowest BCUT2D eigenvalue weighted by Crippen LogP contribution is -2.39. The van der Waals surface area contributed by atoms with E-state index in [-0.39, 0.29) is 18.0 Å². The van der Waals surface area contributed by atoms with Crippen LogP contribution in [0.4, 0.5) is 0 Å². The van der Waals surface area contributed by atoms with E-state index in [2.05, 4.69) is 22.2 Å². The molecule has 1 aromatic rings. The molecule has 90 valence electrons. The Hall–Kier alpha value is -2.30. The van der Waals surface area contributed by atoms with Crippen molar-refractivity contribution in [3.63, 3.8) is 0 Å². The highest BCUT2D eigenvalue weighted by Gasteiger charge is 2.07. The van der Waals surface area contributed by atoms with Gasteiger partial charge < -0.3 is 4.74 Å². The predicted octanol–water partition coefficient (Wildman–Crippen LogP) is 0.537.